The minimum atomic E-state index is -1.03. The van der Waals surface area contributed by atoms with Gasteiger partial charge < -0.3 is 9.52 Å². The molecular weight excluding hydrogens is 396 g/mol. The van der Waals surface area contributed by atoms with Gasteiger partial charge in [-0.2, -0.15) is 0 Å². The smallest absolute Gasteiger partial charge is 0.336 e. The minimum Gasteiger partial charge on any atom is -0.478 e. The van der Waals surface area contributed by atoms with Crippen LogP contribution in [0.4, 0.5) is 5.69 Å². The summed E-state index contributed by atoms with van der Waals surface area (Å²) in [6.45, 7) is 3.68. The summed E-state index contributed by atoms with van der Waals surface area (Å²) in [5, 5.41) is 21.5. The number of benzene rings is 2. The number of aryl methyl sites for hydroxylation is 2. The minimum absolute atomic E-state index is 0.0255. The Labute approximate surface area is 177 Å². The fraction of sp³-hybridized carbons (Fsp3) is 0.0833. The molecule has 0 aliphatic carbocycles. The topological polar surface area (TPSA) is 106 Å². The van der Waals surface area contributed by atoms with Crippen LogP contribution in [0.15, 0.2) is 59.0 Å². The van der Waals surface area contributed by atoms with Crippen molar-refractivity contribution in [3.05, 3.63) is 92.9 Å². The van der Waals surface area contributed by atoms with Gasteiger partial charge in [-0.3, -0.25) is 10.1 Å². The molecule has 0 aliphatic rings. The van der Waals surface area contributed by atoms with Crippen LogP contribution in [0.25, 0.3) is 34.4 Å². The molecule has 2 aromatic carbocycles. The number of aromatic nitrogens is 1. The van der Waals surface area contributed by atoms with Gasteiger partial charge in [0.1, 0.15) is 11.5 Å². The summed E-state index contributed by atoms with van der Waals surface area (Å²) in [6, 6.07) is 15.3. The van der Waals surface area contributed by atoms with Crippen LogP contribution < -0.4 is 0 Å². The molecule has 7 heteroatoms. The molecule has 0 saturated carbocycles. The number of fused-ring (bicyclic) bond motifs is 1. The predicted octanol–water partition coefficient (Wildman–Crippen LogP) is 5.89. The summed E-state index contributed by atoms with van der Waals surface area (Å²) in [5.41, 5.74) is 3.32. The standard InChI is InChI=1S/C24H18N2O5/c1-14-4-9-21-19(11-14)20(24(27)28)13-16(25-21)5-6-17-7-10-23(31-17)18-8-3-15(2)12-22(18)26(29)30/h3-13H,1-2H3,(H,27,28)/b6-5+. The molecule has 0 bridgehead atoms. The number of carboxylic acid groups (broad SMARTS) is 1. The van der Waals surface area contributed by atoms with E-state index in [-0.39, 0.29) is 11.3 Å². The fourth-order valence-electron chi connectivity index (χ4n) is 3.38. The van der Waals surface area contributed by atoms with E-state index in [0.717, 1.165) is 11.1 Å². The van der Waals surface area contributed by atoms with Gasteiger partial charge in [0.25, 0.3) is 5.69 Å². The van der Waals surface area contributed by atoms with Crippen LogP contribution in [0.1, 0.15) is 32.9 Å². The molecule has 154 valence electrons. The van der Waals surface area contributed by atoms with Crippen LogP contribution in [-0.4, -0.2) is 21.0 Å². The van der Waals surface area contributed by atoms with E-state index in [1.54, 1.807) is 55.5 Å². The molecule has 0 unspecified atom stereocenters. The molecule has 0 saturated heterocycles. The highest BCUT2D eigenvalue weighted by molar-refractivity contribution is 6.03. The van der Waals surface area contributed by atoms with E-state index in [1.165, 1.54) is 12.1 Å². The van der Waals surface area contributed by atoms with E-state index in [0.29, 0.717) is 33.7 Å². The van der Waals surface area contributed by atoms with E-state index in [9.17, 15) is 20.0 Å². The number of carboxylic acids is 1. The molecule has 7 nitrogen and oxygen atoms in total. The first-order valence-electron chi connectivity index (χ1n) is 9.50. The van der Waals surface area contributed by atoms with Crippen LogP contribution in [-0.2, 0) is 0 Å². The SMILES string of the molecule is Cc1ccc(-c2ccc(/C=C/c3cc(C(=O)O)c4cc(C)ccc4n3)o2)c([N+](=O)[O-])c1. The Morgan fingerprint density at radius 1 is 1.03 bits per heavy atom. The van der Waals surface area contributed by atoms with Gasteiger partial charge >= 0.3 is 5.97 Å². The lowest BCUT2D eigenvalue weighted by Crippen LogP contribution is -2.00. The molecule has 2 aromatic heterocycles. The van der Waals surface area contributed by atoms with Gasteiger partial charge in [-0.05, 0) is 68.0 Å². The van der Waals surface area contributed by atoms with Gasteiger partial charge in [0.15, 0.2) is 0 Å². The molecule has 0 fully saturated rings. The second-order valence-electron chi connectivity index (χ2n) is 7.23. The zero-order valence-electron chi connectivity index (χ0n) is 16.8. The lowest BCUT2D eigenvalue weighted by molar-refractivity contribution is -0.384. The molecule has 31 heavy (non-hydrogen) atoms. The van der Waals surface area contributed by atoms with Crippen molar-refractivity contribution in [1.82, 2.24) is 4.98 Å². The van der Waals surface area contributed by atoms with Crippen molar-refractivity contribution in [2.75, 3.05) is 0 Å². The number of carbonyl (C=O) groups is 1. The molecule has 4 rings (SSSR count). The fourth-order valence-corrected chi connectivity index (χ4v) is 3.38. The third-order valence-electron chi connectivity index (χ3n) is 4.87. The number of nitrogens with zero attached hydrogens (tertiary/aromatic N) is 2. The van der Waals surface area contributed by atoms with Gasteiger partial charge in [-0.25, -0.2) is 9.78 Å². The van der Waals surface area contributed by atoms with Crippen molar-refractivity contribution < 1.29 is 19.2 Å². The van der Waals surface area contributed by atoms with Crippen molar-refractivity contribution >= 4 is 34.7 Å². The molecule has 0 amide bonds. The molecule has 2 heterocycles. The quantitative estimate of drug-likeness (QED) is 0.322. The monoisotopic (exact) mass is 414 g/mol. The van der Waals surface area contributed by atoms with Crippen LogP contribution in [0.2, 0.25) is 0 Å². The average Bonchev–Trinajstić information content (AvgIpc) is 3.20. The van der Waals surface area contributed by atoms with Gasteiger partial charge in [0, 0.05) is 11.5 Å². The van der Waals surface area contributed by atoms with Gasteiger partial charge in [0.05, 0.1) is 27.3 Å². The van der Waals surface area contributed by atoms with Crippen molar-refractivity contribution in [2.24, 2.45) is 0 Å². The molecule has 1 N–H and O–H groups in total. The number of nitro groups is 1. The van der Waals surface area contributed by atoms with E-state index in [2.05, 4.69) is 4.98 Å². The van der Waals surface area contributed by atoms with E-state index >= 15 is 0 Å². The average molecular weight is 414 g/mol. The zero-order chi connectivity index (χ0) is 22.1. The Bertz CT molecular complexity index is 1370. The number of hydrogen-bond donors (Lipinski definition) is 1. The Morgan fingerprint density at radius 2 is 1.77 bits per heavy atom. The third kappa shape index (κ3) is 4.06. The number of nitro benzene ring substituents is 1. The number of hydrogen-bond acceptors (Lipinski definition) is 5. The first kappa shape index (κ1) is 20.0. The first-order valence-corrected chi connectivity index (χ1v) is 9.50. The Balaban J connectivity index is 1.69. The second-order valence-corrected chi connectivity index (χ2v) is 7.23. The van der Waals surface area contributed by atoms with Crippen molar-refractivity contribution in [3.63, 3.8) is 0 Å². The number of aromatic carboxylic acids is 1. The van der Waals surface area contributed by atoms with Gasteiger partial charge in [-0.15, -0.1) is 0 Å². The van der Waals surface area contributed by atoms with Crippen LogP contribution >= 0.6 is 0 Å². The Kier molecular flexibility index (Phi) is 5.09. The highest BCUT2D eigenvalue weighted by Gasteiger charge is 2.18. The number of furan rings is 1. The molecular formula is C24H18N2O5. The van der Waals surface area contributed by atoms with Crippen LogP contribution in [0.5, 0.6) is 0 Å². The molecule has 0 radical (unpaired) electrons. The Hall–Kier alpha value is -4.26. The zero-order valence-corrected chi connectivity index (χ0v) is 16.8. The lowest BCUT2D eigenvalue weighted by Gasteiger charge is -2.05. The van der Waals surface area contributed by atoms with E-state index in [1.807, 2.05) is 13.0 Å². The largest absolute Gasteiger partial charge is 0.478 e. The van der Waals surface area contributed by atoms with E-state index < -0.39 is 10.9 Å². The number of pyridine rings is 1. The lowest BCUT2D eigenvalue weighted by atomic mass is 10.1. The summed E-state index contributed by atoms with van der Waals surface area (Å²) in [7, 11) is 0. The first-order chi connectivity index (χ1) is 14.8. The maximum Gasteiger partial charge on any atom is 0.336 e. The van der Waals surface area contributed by atoms with Crippen LogP contribution in [0.3, 0.4) is 0 Å². The highest BCUT2D eigenvalue weighted by Crippen LogP contribution is 2.32. The summed E-state index contributed by atoms with van der Waals surface area (Å²) < 4.78 is 5.77. The van der Waals surface area contributed by atoms with Gasteiger partial charge in [0.2, 0.25) is 0 Å². The maximum atomic E-state index is 11.7. The summed E-state index contributed by atoms with van der Waals surface area (Å²) in [4.78, 5) is 27.1. The molecule has 4 aromatic rings. The van der Waals surface area contributed by atoms with E-state index in [4.69, 9.17) is 4.42 Å². The molecule has 0 atom stereocenters. The van der Waals surface area contributed by atoms with Gasteiger partial charge in [-0.1, -0.05) is 17.7 Å². The molecule has 0 spiro atoms. The third-order valence-corrected chi connectivity index (χ3v) is 4.87. The summed E-state index contributed by atoms with van der Waals surface area (Å²) in [5.74, 6) is -0.188. The van der Waals surface area contributed by atoms with Crippen molar-refractivity contribution in [3.8, 4) is 11.3 Å². The van der Waals surface area contributed by atoms with Crippen molar-refractivity contribution in [1.29, 1.82) is 0 Å². The van der Waals surface area contributed by atoms with Crippen molar-refractivity contribution in [2.45, 2.75) is 13.8 Å². The highest BCUT2D eigenvalue weighted by atomic mass is 16.6. The summed E-state index contributed by atoms with van der Waals surface area (Å²) >= 11 is 0. The predicted molar refractivity (Wildman–Crippen MR) is 118 cm³/mol. The normalized spacial score (nSPS) is 11.3. The number of rotatable bonds is 5. The summed E-state index contributed by atoms with van der Waals surface area (Å²) in [6.07, 6.45) is 3.30. The molecule has 0 aliphatic heterocycles. The maximum absolute atomic E-state index is 11.7. The second kappa shape index (κ2) is 7.87. The van der Waals surface area contributed by atoms with Crippen LogP contribution in [0, 0.1) is 24.0 Å². The Morgan fingerprint density at radius 3 is 2.52 bits per heavy atom.